The first-order valence-electron chi connectivity index (χ1n) is 9.59. The van der Waals surface area contributed by atoms with Crippen LogP contribution in [0.4, 0.5) is 4.79 Å². The highest BCUT2D eigenvalue weighted by Crippen LogP contribution is 2.38. The first-order chi connectivity index (χ1) is 12.7. The fourth-order valence-corrected chi connectivity index (χ4v) is 3.81. The number of carbonyl (C=O) groups excluding carboxylic acids is 1. The topological polar surface area (TPSA) is 71.3 Å². The molecule has 6 heteroatoms. The molecule has 2 aromatic rings. The van der Waals surface area contributed by atoms with Gasteiger partial charge in [-0.25, -0.2) is 4.79 Å². The number of rotatable bonds is 5. The molecule has 2 fully saturated rings. The largest absolute Gasteiger partial charge is 0.337 e. The second kappa shape index (κ2) is 7.48. The molecule has 0 atom stereocenters. The van der Waals surface area contributed by atoms with E-state index in [9.17, 15) is 4.79 Å². The highest BCUT2D eigenvalue weighted by atomic mass is 16.5. The molecule has 0 spiro atoms. The monoisotopic (exact) mass is 354 g/mol. The number of nitrogens with zero attached hydrogens (tertiary/aromatic N) is 3. The third-order valence-corrected chi connectivity index (χ3v) is 5.65. The van der Waals surface area contributed by atoms with E-state index in [4.69, 9.17) is 4.52 Å². The van der Waals surface area contributed by atoms with Crippen molar-refractivity contribution in [2.45, 2.75) is 62.9 Å². The second-order valence-electron chi connectivity index (χ2n) is 7.51. The Bertz CT molecular complexity index is 733. The summed E-state index contributed by atoms with van der Waals surface area (Å²) in [6, 6.07) is 10.9. The maximum atomic E-state index is 12.4. The van der Waals surface area contributed by atoms with Crippen molar-refractivity contribution in [2.24, 2.45) is 0 Å². The van der Waals surface area contributed by atoms with Crippen LogP contribution >= 0.6 is 0 Å². The molecule has 0 saturated heterocycles. The van der Waals surface area contributed by atoms with E-state index in [1.54, 1.807) is 0 Å². The Balaban J connectivity index is 1.24. The zero-order valence-corrected chi connectivity index (χ0v) is 15.2. The van der Waals surface area contributed by atoms with Gasteiger partial charge in [-0.05, 0) is 50.0 Å². The summed E-state index contributed by atoms with van der Waals surface area (Å²) in [6.07, 6.45) is 6.60. The minimum absolute atomic E-state index is 0.0701. The molecule has 2 amide bonds. The number of amides is 2. The Kier molecular flexibility index (Phi) is 4.91. The smallest absolute Gasteiger partial charge is 0.317 e. The lowest BCUT2D eigenvalue weighted by Crippen LogP contribution is -2.44. The molecule has 0 aliphatic heterocycles. The minimum Gasteiger partial charge on any atom is -0.337 e. The van der Waals surface area contributed by atoms with Crippen LogP contribution in [-0.2, 0) is 6.54 Å². The summed E-state index contributed by atoms with van der Waals surface area (Å²) < 4.78 is 5.21. The van der Waals surface area contributed by atoms with Gasteiger partial charge in [0.2, 0.25) is 5.89 Å². The number of nitrogens with one attached hydrogen (secondary N) is 1. The van der Waals surface area contributed by atoms with E-state index in [0.29, 0.717) is 30.3 Å². The third kappa shape index (κ3) is 3.89. The number of hydrogen-bond donors (Lipinski definition) is 1. The fourth-order valence-electron chi connectivity index (χ4n) is 3.81. The summed E-state index contributed by atoms with van der Waals surface area (Å²) in [7, 11) is 1.88. The quantitative estimate of drug-likeness (QED) is 0.886. The maximum Gasteiger partial charge on any atom is 0.317 e. The van der Waals surface area contributed by atoms with Gasteiger partial charge >= 0.3 is 6.03 Å². The summed E-state index contributed by atoms with van der Waals surface area (Å²) in [4.78, 5) is 18.6. The van der Waals surface area contributed by atoms with E-state index in [-0.39, 0.29) is 6.03 Å². The molecule has 4 rings (SSSR count). The molecule has 0 unspecified atom stereocenters. The van der Waals surface area contributed by atoms with E-state index >= 15 is 0 Å². The summed E-state index contributed by atoms with van der Waals surface area (Å²) in [6.45, 7) is 0.294. The maximum absolute atomic E-state index is 12.4. The van der Waals surface area contributed by atoms with Gasteiger partial charge < -0.3 is 14.7 Å². The molecule has 0 radical (unpaired) electrons. The van der Waals surface area contributed by atoms with Gasteiger partial charge in [-0.2, -0.15) is 4.98 Å². The molecular formula is C20H26N4O2. The Hall–Kier alpha value is -2.37. The van der Waals surface area contributed by atoms with E-state index < -0.39 is 0 Å². The van der Waals surface area contributed by atoms with Crippen LogP contribution in [0.2, 0.25) is 0 Å². The van der Waals surface area contributed by atoms with Gasteiger partial charge in [0.15, 0.2) is 5.82 Å². The second-order valence-corrected chi connectivity index (χ2v) is 7.51. The Morgan fingerprint density at radius 2 is 1.81 bits per heavy atom. The molecular weight excluding hydrogens is 328 g/mol. The molecule has 2 aliphatic rings. The van der Waals surface area contributed by atoms with Gasteiger partial charge in [0.25, 0.3) is 0 Å². The van der Waals surface area contributed by atoms with E-state index in [1.165, 1.54) is 5.56 Å². The first-order valence-corrected chi connectivity index (χ1v) is 9.59. The van der Waals surface area contributed by atoms with Crippen molar-refractivity contribution < 1.29 is 9.32 Å². The van der Waals surface area contributed by atoms with Crippen LogP contribution < -0.4 is 5.32 Å². The van der Waals surface area contributed by atoms with Crippen molar-refractivity contribution >= 4 is 6.03 Å². The lowest BCUT2D eigenvalue weighted by molar-refractivity contribution is 0.168. The lowest BCUT2D eigenvalue weighted by atomic mass is 9.81. The number of benzene rings is 1. The fraction of sp³-hybridized carbons (Fsp3) is 0.550. The van der Waals surface area contributed by atoms with Crippen LogP contribution in [-0.4, -0.2) is 34.2 Å². The standard InChI is InChI=1S/C20H26N4O2/c1-24(17-11-9-15(10-12-17)14-5-3-2-4-6-14)20(25)21-13-18-22-19(23-26-18)16-7-8-16/h2-6,15-17H,7-13H2,1H3,(H,21,25). The van der Waals surface area contributed by atoms with E-state index in [2.05, 4.69) is 45.8 Å². The normalized spacial score (nSPS) is 22.8. The molecule has 2 aliphatic carbocycles. The van der Waals surface area contributed by atoms with E-state index in [1.807, 2.05) is 11.9 Å². The molecule has 0 bridgehead atoms. The van der Waals surface area contributed by atoms with Gasteiger partial charge in [0.05, 0.1) is 6.54 Å². The molecule has 1 aromatic carbocycles. The summed E-state index contributed by atoms with van der Waals surface area (Å²) in [5.41, 5.74) is 1.42. The zero-order valence-electron chi connectivity index (χ0n) is 15.2. The molecule has 1 aromatic heterocycles. The van der Waals surface area contributed by atoms with Crippen molar-refractivity contribution in [3.8, 4) is 0 Å². The molecule has 26 heavy (non-hydrogen) atoms. The van der Waals surface area contributed by atoms with Crippen LogP contribution in [0.25, 0.3) is 0 Å². The molecule has 1 heterocycles. The highest BCUT2D eigenvalue weighted by molar-refractivity contribution is 5.74. The van der Waals surface area contributed by atoms with Crippen LogP contribution in [0.5, 0.6) is 0 Å². The predicted molar refractivity (Wildman–Crippen MR) is 97.7 cm³/mol. The van der Waals surface area contributed by atoms with Crippen molar-refractivity contribution in [3.63, 3.8) is 0 Å². The van der Waals surface area contributed by atoms with Crippen LogP contribution in [0, 0.1) is 0 Å². The van der Waals surface area contributed by atoms with Crippen molar-refractivity contribution in [1.29, 1.82) is 0 Å². The van der Waals surface area contributed by atoms with Gasteiger partial charge in [0, 0.05) is 19.0 Å². The highest BCUT2D eigenvalue weighted by Gasteiger charge is 2.29. The summed E-state index contributed by atoms with van der Waals surface area (Å²) in [5.74, 6) is 2.34. The van der Waals surface area contributed by atoms with Crippen LogP contribution in [0.1, 0.15) is 67.6 Å². The SMILES string of the molecule is CN(C(=O)NCc1nc(C2CC2)no1)C1CCC(c2ccccc2)CC1. The zero-order chi connectivity index (χ0) is 17.9. The molecule has 6 nitrogen and oxygen atoms in total. The first kappa shape index (κ1) is 17.1. The molecule has 138 valence electrons. The van der Waals surface area contributed by atoms with Gasteiger partial charge in [-0.3, -0.25) is 0 Å². The lowest BCUT2D eigenvalue weighted by Gasteiger charge is -2.34. The number of aromatic nitrogens is 2. The van der Waals surface area contributed by atoms with Crippen LogP contribution in [0.3, 0.4) is 0 Å². The Morgan fingerprint density at radius 1 is 1.12 bits per heavy atom. The van der Waals surface area contributed by atoms with Crippen molar-refractivity contribution in [3.05, 3.63) is 47.6 Å². The van der Waals surface area contributed by atoms with Gasteiger partial charge in [-0.15, -0.1) is 0 Å². The minimum atomic E-state index is -0.0701. The van der Waals surface area contributed by atoms with Crippen LogP contribution in [0.15, 0.2) is 34.9 Å². The average molecular weight is 354 g/mol. The number of hydrogen-bond acceptors (Lipinski definition) is 4. The average Bonchev–Trinajstić information content (AvgIpc) is 3.44. The van der Waals surface area contributed by atoms with Crippen molar-refractivity contribution in [2.75, 3.05) is 7.05 Å². The predicted octanol–water partition coefficient (Wildman–Crippen LogP) is 3.81. The third-order valence-electron chi connectivity index (χ3n) is 5.65. The summed E-state index contributed by atoms with van der Waals surface area (Å²) in [5, 5.41) is 6.88. The molecule has 1 N–H and O–H groups in total. The van der Waals surface area contributed by atoms with Gasteiger partial charge in [-0.1, -0.05) is 35.5 Å². The van der Waals surface area contributed by atoms with E-state index in [0.717, 1.165) is 44.3 Å². The molecule has 2 saturated carbocycles. The summed E-state index contributed by atoms with van der Waals surface area (Å²) >= 11 is 0. The van der Waals surface area contributed by atoms with Gasteiger partial charge in [0.1, 0.15) is 0 Å². The number of carbonyl (C=O) groups is 1. The van der Waals surface area contributed by atoms with Crippen molar-refractivity contribution in [1.82, 2.24) is 20.4 Å². The Morgan fingerprint density at radius 3 is 2.50 bits per heavy atom. The Labute approximate surface area is 154 Å². The number of urea groups is 1.